The summed E-state index contributed by atoms with van der Waals surface area (Å²) in [5.74, 6) is -0.255. The van der Waals surface area contributed by atoms with Crippen molar-refractivity contribution in [1.82, 2.24) is 5.32 Å². The van der Waals surface area contributed by atoms with E-state index in [-0.39, 0.29) is 17.8 Å². The maximum Gasteiger partial charge on any atom is 0.226 e. The molecule has 0 spiro atoms. The number of nitrogens with zero attached hydrogens (tertiary/aromatic N) is 1. The fourth-order valence-corrected chi connectivity index (χ4v) is 3.42. The quantitative estimate of drug-likeness (QED) is 0.806. The number of carbonyl (C=O) groups excluding carboxylic acids is 1. The number of amides is 1. The van der Waals surface area contributed by atoms with Gasteiger partial charge in [-0.2, -0.15) is 0 Å². The van der Waals surface area contributed by atoms with Crippen LogP contribution >= 0.6 is 0 Å². The molecule has 2 aliphatic rings. The van der Waals surface area contributed by atoms with Crippen molar-refractivity contribution < 1.29 is 18.8 Å². The average molecular weight is 346 g/mol. The van der Waals surface area contributed by atoms with Crippen molar-refractivity contribution in [2.24, 2.45) is 10.6 Å². The number of nitrogens with one attached hydrogen (secondary N) is 1. The molecule has 1 fully saturated rings. The fraction of sp³-hybridized carbons (Fsp3) is 0.474. The molecule has 0 aliphatic carbocycles. The van der Waals surface area contributed by atoms with E-state index in [0.717, 1.165) is 11.3 Å². The third-order valence-corrected chi connectivity index (χ3v) is 4.87. The summed E-state index contributed by atoms with van der Waals surface area (Å²) in [6.45, 7) is 5.23. The molecular formula is C19H23FN2O3. The van der Waals surface area contributed by atoms with E-state index >= 15 is 0 Å². The van der Waals surface area contributed by atoms with Gasteiger partial charge in [0.15, 0.2) is 0 Å². The van der Waals surface area contributed by atoms with Crippen LogP contribution in [-0.2, 0) is 14.4 Å². The second kappa shape index (κ2) is 7.78. The summed E-state index contributed by atoms with van der Waals surface area (Å²) < 4.78 is 18.5. The summed E-state index contributed by atoms with van der Waals surface area (Å²) >= 11 is 0. The first kappa shape index (κ1) is 17.6. The first-order valence-corrected chi connectivity index (χ1v) is 8.58. The molecule has 1 aromatic rings. The summed E-state index contributed by atoms with van der Waals surface area (Å²) in [6.07, 6.45) is 4.06. The first-order chi connectivity index (χ1) is 12.1. The lowest BCUT2D eigenvalue weighted by molar-refractivity contribution is -0.139. The van der Waals surface area contributed by atoms with Gasteiger partial charge in [0.25, 0.3) is 0 Å². The third kappa shape index (κ3) is 4.07. The summed E-state index contributed by atoms with van der Waals surface area (Å²) in [7, 11) is 0. The van der Waals surface area contributed by atoms with Gasteiger partial charge in [-0.3, -0.25) is 4.79 Å². The lowest BCUT2D eigenvalue weighted by Gasteiger charge is -2.36. The molecule has 0 radical (unpaired) electrons. The van der Waals surface area contributed by atoms with Gasteiger partial charge >= 0.3 is 0 Å². The Morgan fingerprint density at radius 3 is 2.76 bits per heavy atom. The zero-order chi connectivity index (χ0) is 17.7. The van der Waals surface area contributed by atoms with Crippen molar-refractivity contribution in [2.45, 2.75) is 31.8 Å². The number of benzene rings is 1. The molecule has 0 bridgehead atoms. The van der Waals surface area contributed by atoms with Crippen LogP contribution in [0.2, 0.25) is 0 Å². The van der Waals surface area contributed by atoms with Gasteiger partial charge < -0.3 is 14.9 Å². The Hall–Kier alpha value is -2.21. The normalized spacial score (nSPS) is 22.0. The van der Waals surface area contributed by atoms with Crippen LogP contribution in [0.25, 0.3) is 0 Å². The maximum absolute atomic E-state index is 13.1. The number of rotatable bonds is 6. The highest BCUT2D eigenvalue weighted by molar-refractivity contribution is 6.01. The Morgan fingerprint density at radius 2 is 2.08 bits per heavy atom. The molecular weight excluding hydrogens is 323 g/mol. The van der Waals surface area contributed by atoms with Gasteiger partial charge in [-0.1, -0.05) is 23.4 Å². The standard InChI is InChI=1S/C19H23FN2O3/c1-2-9-21-18(23)19(7-10-24-11-8-19)13-16-12-17(22-25-16)14-3-5-15(20)6-4-14/h2-6,16H,1,7-13H2,(H,21,23)/t16-/m0/s1. The monoisotopic (exact) mass is 346 g/mol. The van der Waals surface area contributed by atoms with Crippen molar-refractivity contribution in [3.8, 4) is 0 Å². The van der Waals surface area contributed by atoms with Crippen LogP contribution in [0.5, 0.6) is 0 Å². The van der Waals surface area contributed by atoms with Crippen molar-refractivity contribution in [3.63, 3.8) is 0 Å². The highest BCUT2D eigenvalue weighted by Crippen LogP contribution is 2.38. The number of carbonyl (C=O) groups is 1. The predicted molar refractivity (Wildman–Crippen MR) is 92.7 cm³/mol. The van der Waals surface area contributed by atoms with E-state index in [1.165, 1.54) is 12.1 Å². The minimum absolute atomic E-state index is 0.0227. The first-order valence-electron chi connectivity index (χ1n) is 8.58. The number of hydrogen-bond acceptors (Lipinski definition) is 4. The van der Waals surface area contributed by atoms with Crippen LogP contribution in [0.1, 0.15) is 31.2 Å². The topological polar surface area (TPSA) is 59.9 Å². The fourth-order valence-electron chi connectivity index (χ4n) is 3.42. The molecule has 0 saturated carbocycles. The van der Waals surface area contributed by atoms with E-state index in [2.05, 4.69) is 17.1 Å². The molecule has 0 aromatic heterocycles. The molecule has 1 atom stereocenters. The van der Waals surface area contributed by atoms with Gasteiger partial charge in [-0.25, -0.2) is 4.39 Å². The Morgan fingerprint density at radius 1 is 1.36 bits per heavy atom. The number of halogens is 1. The summed E-state index contributed by atoms with van der Waals surface area (Å²) in [5, 5.41) is 7.07. The second-order valence-corrected chi connectivity index (χ2v) is 6.57. The van der Waals surface area contributed by atoms with Crippen LogP contribution in [-0.4, -0.2) is 37.5 Å². The third-order valence-electron chi connectivity index (χ3n) is 4.87. The van der Waals surface area contributed by atoms with E-state index in [1.807, 2.05) is 0 Å². The van der Waals surface area contributed by atoms with Crippen molar-refractivity contribution in [2.75, 3.05) is 19.8 Å². The van der Waals surface area contributed by atoms with Crippen molar-refractivity contribution >= 4 is 11.6 Å². The molecule has 2 aliphatic heterocycles. The van der Waals surface area contributed by atoms with Crippen LogP contribution in [0.4, 0.5) is 4.39 Å². The molecule has 25 heavy (non-hydrogen) atoms. The lowest BCUT2D eigenvalue weighted by Crippen LogP contribution is -2.46. The zero-order valence-electron chi connectivity index (χ0n) is 14.2. The highest BCUT2D eigenvalue weighted by Gasteiger charge is 2.43. The molecule has 1 amide bonds. The van der Waals surface area contributed by atoms with Crippen LogP contribution in [0, 0.1) is 11.2 Å². The van der Waals surface area contributed by atoms with Crippen LogP contribution in [0.3, 0.4) is 0 Å². The van der Waals surface area contributed by atoms with Gasteiger partial charge in [0, 0.05) is 32.6 Å². The smallest absolute Gasteiger partial charge is 0.226 e. The SMILES string of the molecule is C=CCNC(=O)C1(C[C@@H]2CC(c3ccc(F)cc3)=NO2)CCOCC1. The Balaban J connectivity index is 1.66. The number of ether oxygens (including phenoxy) is 1. The lowest BCUT2D eigenvalue weighted by atomic mass is 9.74. The van der Waals surface area contributed by atoms with Crippen LogP contribution < -0.4 is 5.32 Å². The molecule has 1 saturated heterocycles. The van der Waals surface area contributed by atoms with E-state index in [4.69, 9.17) is 9.57 Å². The molecule has 134 valence electrons. The Bertz CT molecular complexity index is 651. The minimum Gasteiger partial charge on any atom is -0.392 e. The van der Waals surface area contributed by atoms with E-state index < -0.39 is 5.41 Å². The molecule has 1 N–H and O–H groups in total. The maximum atomic E-state index is 13.1. The van der Waals surface area contributed by atoms with Gasteiger partial charge in [0.2, 0.25) is 5.91 Å². The summed E-state index contributed by atoms with van der Waals surface area (Å²) in [4.78, 5) is 18.3. The Kier molecular flexibility index (Phi) is 5.48. The molecule has 5 nitrogen and oxygen atoms in total. The molecule has 1 aromatic carbocycles. The predicted octanol–water partition coefficient (Wildman–Crippen LogP) is 2.81. The van der Waals surface area contributed by atoms with E-state index in [0.29, 0.717) is 45.4 Å². The zero-order valence-corrected chi connectivity index (χ0v) is 14.2. The van der Waals surface area contributed by atoms with E-state index in [9.17, 15) is 9.18 Å². The Labute approximate surface area is 146 Å². The number of oxime groups is 1. The minimum atomic E-state index is -0.500. The molecule has 3 rings (SSSR count). The molecule has 0 unspecified atom stereocenters. The number of hydrogen-bond donors (Lipinski definition) is 1. The summed E-state index contributed by atoms with van der Waals surface area (Å²) in [6, 6.07) is 6.21. The van der Waals surface area contributed by atoms with Crippen LogP contribution in [0.15, 0.2) is 42.1 Å². The van der Waals surface area contributed by atoms with E-state index in [1.54, 1.807) is 18.2 Å². The van der Waals surface area contributed by atoms with Crippen molar-refractivity contribution in [3.05, 3.63) is 48.3 Å². The second-order valence-electron chi connectivity index (χ2n) is 6.57. The highest BCUT2D eigenvalue weighted by atomic mass is 19.1. The van der Waals surface area contributed by atoms with Gasteiger partial charge in [-0.15, -0.1) is 6.58 Å². The molecule has 2 heterocycles. The van der Waals surface area contributed by atoms with Crippen molar-refractivity contribution in [1.29, 1.82) is 0 Å². The van der Waals surface area contributed by atoms with Gasteiger partial charge in [0.05, 0.1) is 11.1 Å². The average Bonchev–Trinajstić information content (AvgIpc) is 3.09. The van der Waals surface area contributed by atoms with Gasteiger partial charge in [0.1, 0.15) is 11.9 Å². The molecule has 6 heteroatoms. The van der Waals surface area contributed by atoms with Gasteiger partial charge in [-0.05, 0) is 30.5 Å². The largest absolute Gasteiger partial charge is 0.392 e. The summed E-state index contributed by atoms with van der Waals surface area (Å²) in [5.41, 5.74) is 1.14.